The molecule has 0 aromatic carbocycles. The van der Waals surface area contributed by atoms with E-state index in [4.69, 9.17) is 11.6 Å². The van der Waals surface area contributed by atoms with E-state index < -0.39 is 0 Å². The van der Waals surface area contributed by atoms with Gasteiger partial charge in [0.15, 0.2) is 0 Å². The second kappa shape index (κ2) is 7.11. The molecule has 1 aromatic rings. The molecule has 0 radical (unpaired) electrons. The van der Waals surface area contributed by atoms with E-state index in [1.54, 1.807) is 6.20 Å². The Hall–Kier alpha value is -0.800. The highest BCUT2D eigenvalue weighted by molar-refractivity contribution is 6.31. The van der Waals surface area contributed by atoms with Gasteiger partial charge in [-0.3, -0.25) is 0 Å². The standard InChI is InChI=1S/C15H26ClN3/c1-10(2)12(5)19(6)15-7-13(8-17-11(3)4)14(16)9-18-15/h7,9-12,17H,8H2,1-6H3. The van der Waals surface area contributed by atoms with Gasteiger partial charge in [0.25, 0.3) is 0 Å². The molecule has 0 spiro atoms. The van der Waals surface area contributed by atoms with E-state index in [2.05, 4.69) is 62.9 Å². The largest absolute Gasteiger partial charge is 0.357 e. The van der Waals surface area contributed by atoms with Crippen molar-refractivity contribution in [1.29, 1.82) is 0 Å². The number of nitrogens with zero attached hydrogens (tertiary/aromatic N) is 2. The predicted molar refractivity (Wildman–Crippen MR) is 83.9 cm³/mol. The van der Waals surface area contributed by atoms with Crippen molar-refractivity contribution in [3.63, 3.8) is 0 Å². The van der Waals surface area contributed by atoms with Crippen LogP contribution in [0, 0.1) is 5.92 Å². The lowest BCUT2D eigenvalue weighted by molar-refractivity contribution is 0.502. The summed E-state index contributed by atoms with van der Waals surface area (Å²) < 4.78 is 0. The summed E-state index contributed by atoms with van der Waals surface area (Å²) >= 11 is 6.21. The number of hydrogen-bond acceptors (Lipinski definition) is 3. The maximum Gasteiger partial charge on any atom is 0.128 e. The Bertz CT molecular complexity index is 404. The van der Waals surface area contributed by atoms with E-state index in [9.17, 15) is 0 Å². The number of halogens is 1. The summed E-state index contributed by atoms with van der Waals surface area (Å²) in [6, 6.07) is 2.97. The van der Waals surface area contributed by atoms with Gasteiger partial charge in [-0.15, -0.1) is 0 Å². The molecule has 0 fully saturated rings. The number of aromatic nitrogens is 1. The van der Waals surface area contributed by atoms with Crippen molar-refractivity contribution >= 4 is 17.4 Å². The fourth-order valence-electron chi connectivity index (χ4n) is 1.77. The lowest BCUT2D eigenvalue weighted by Gasteiger charge is -2.29. The van der Waals surface area contributed by atoms with Gasteiger partial charge in [-0.05, 0) is 24.5 Å². The van der Waals surface area contributed by atoms with E-state index in [1.165, 1.54) is 0 Å². The zero-order valence-electron chi connectivity index (χ0n) is 12.9. The first-order valence-electron chi connectivity index (χ1n) is 6.93. The SMILES string of the molecule is CC(C)NCc1cc(N(C)C(C)C(C)C)ncc1Cl. The lowest BCUT2D eigenvalue weighted by atomic mass is 10.1. The van der Waals surface area contributed by atoms with Crippen LogP contribution in [0.2, 0.25) is 5.02 Å². The van der Waals surface area contributed by atoms with Gasteiger partial charge in [-0.25, -0.2) is 4.98 Å². The number of nitrogens with one attached hydrogen (secondary N) is 1. The summed E-state index contributed by atoms with van der Waals surface area (Å²) in [6.07, 6.45) is 1.75. The summed E-state index contributed by atoms with van der Waals surface area (Å²) in [7, 11) is 2.08. The van der Waals surface area contributed by atoms with Crippen LogP contribution >= 0.6 is 11.6 Å². The van der Waals surface area contributed by atoms with Gasteiger partial charge in [0.05, 0.1) is 5.02 Å². The Balaban J connectivity index is 2.88. The molecule has 0 amide bonds. The maximum absolute atomic E-state index is 6.21. The van der Waals surface area contributed by atoms with Crippen LogP contribution in [0.25, 0.3) is 0 Å². The van der Waals surface area contributed by atoms with Gasteiger partial charge < -0.3 is 10.2 Å². The summed E-state index contributed by atoms with van der Waals surface area (Å²) in [5, 5.41) is 4.11. The van der Waals surface area contributed by atoms with Gasteiger partial charge in [0, 0.05) is 31.9 Å². The fourth-order valence-corrected chi connectivity index (χ4v) is 1.94. The topological polar surface area (TPSA) is 28.2 Å². The normalized spacial score (nSPS) is 13.1. The molecule has 1 heterocycles. The molecule has 0 bridgehead atoms. The van der Waals surface area contributed by atoms with Crippen LogP contribution in [0.4, 0.5) is 5.82 Å². The van der Waals surface area contributed by atoms with Crippen molar-refractivity contribution in [3.05, 3.63) is 22.8 Å². The first-order valence-corrected chi connectivity index (χ1v) is 7.31. The summed E-state index contributed by atoms with van der Waals surface area (Å²) in [6.45, 7) is 11.7. The molecule has 0 saturated carbocycles. The second-order valence-corrected chi connectivity index (χ2v) is 6.17. The molecule has 0 saturated heterocycles. The van der Waals surface area contributed by atoms with Gasteiger partial charge in [0.2, 0.25) is 0 Å². The molecule has 0 aliphatic heterocycles. The predicted octanol–water partition coefficient (Wildman–Crippen LogP) is 3.71. The van der Waals surface area contributed by atoms with Gasteiger partial charge >= 0.3 is 0 Å². The monoisotopic (exact) mass is 283 g/mol. The number of anilines is 1. The smallest absolute Gasteiger partial charge is 0.128 e. The van der Waals surface area contributed by atoms with E-state index >= 15 is 0 Å². The summed E-state index contributed by atoms with van der Waals surface area (Å²) in [5.41, 5.74) is 1.10. The number of hydrogen-bond donors (Lipinski definition) is 1. The molecule has 1 atom stereocenters. The zero-order valence-corrected chi connectivity index (χ0v) is 13.6. The average Bonchev–Trinajstić information content (AvgIpc) is 2.35. The maximum atomic E-state index is 6.21. The summed E-state index contributed by atoms with van der Waals surface area (Å²) in [4.78, 5) is 6.64. The Kier molecular flexibility index (Phi) is 6.08. The molecule has 0 aliphatic rings. The molecule has 4 heteroatoms. The van der Waals surface area contributed by atoms with Gasteiger partial charge in [-0.1, -0.05) is 39.3 Å². The molecule has 0 aliphatic carbocycles. The first kappa shape index (κ1) is 16.3. The number of rotatable bonds is 6. The van der Waals surface area contributed by atoms with E-state index in [-0.39, 0.29) is 0 Å². The van der Waals surface area contributed by atoms with Crippen LogP contribution < -0.4 is 10.2 Å². The number of pyridine rings is 1. The van der Waals surface area contributed by atoms with Crippen LogP contribution in [0.3, 0.4) is 0 Å². The Morgan fingerprint density at radius 3 is 2.42 bits per heavy atom. The Labute approximate surface area is 122 Å². The summed E-state index contributed by atoms with van der Waals surface area (Å²) in [5.74, 6) is 1.56. The van der Waals surface area contributed by atoms with Crippen LogP contribution in [-0.4, -0.2) is 24.1 Å². The molecular weight excluding hydrogens is 258 g/mol. The van der Waals surface area contributed by atoms with Crippen molar-refractivity contribution in [2.75, 3.05) is 11.9 Å². The highest BCUT2D eigenvalue weighted by Gasteiger charge is 2.15. The molecule has 19 heavy (non-hydrogen) atoms. The van der Waals surface area contributed by atoms with Gasteiger partial charge in [-0.2, -0.15) is 0 Å². The van der Waals surface area contributed by atoms with Crippen molar-refractivity contribution in [2.45, 2.75) is 53.2 Å². The van der Waals surface area contributed by atoms with Crippen LogP contribution in [0.15, 0.2) is 12.3 Å². The minimum Gasteiger partial charge on any atom is -0.357 e. The van der Waals surface area contributed by atoms with E-state index in [1.807, 2.05) is 0 Å². The van der Waals surface area contributed by atoms with Crippen molar-refractivity contribution in [1.82, 2.24) is 10.3 Å². The van der Waals surface area contributed by atoms with Crippen LogP contribution in [-0.2, 0) is 6.54 Å². The van der Waals surface area contributed by atoms with Gasteiger partial charge in [0.1, 0.15) is 5.82 Å². The minimum atomic E-state index is 0.444. The molecule has 1 rings (SSSR count). The molecule has 108 valence electrons. The van der Waals surface area contributed by atoms with E-state index in [0.717, 1.165) is 22.9 Å². The third-order valence-electron chi connectivity index (χ3n) is 3.56. The van der Waals surface area contributed by atoms with Crippen LogP contribution in [0.1, 0.15) is 40.2 Å². The van der Waals surface area contributed by atoms with Crippen molar-refractivity contribution < 1.29 is 0 Å². The molecule has 1 aromatic heterocycles. The van der Waals surface area contributed by atoms with Crippen molar-refractivity contribution in [2.24, 2.45) is 5.92 Å². The average molecular weight is 284 g/mol. The Morgan fingerprint density at radius 2 is 1.89 bits per heavy atom. The zero-order chi connectivity index (χ0) is 14.6. The third kappa shape index (κ3) is 4.66. The second-order valence-electron chi connectivity index (χ2n) is 5.77. The van der Waals surface area contributed by atoms with Crippen molar-refractivity contribution in [3.8, 4) is 0 Å². The Morgan fingerprint density at radius 1 is 1.26 bits per heavy atom. The quantitative estimate of drug-likeness (QED) is 0.863. The molecular formula is C15H26ClN3. The third-order valence-corrected chi connectivity index (χ3v) is 3.90. The van der Waals surface area contributed by atoms with E-state index in [0.29, 0.717) is 18.0 Å². The minimum absolute atomic E-state index is 0.444. The first-order chi connectivity index (χ1) is 8.82. The highest BCUT2D eigenvalue weighted by Crippen LogP contribution is 2.22. The molecule has 1 N–H and O–H groups in total. The molecule has 1 unspecified atom stereocenters. The fraction of sp³-hybridized carbons (Fsp3) is 0.667. The molecule has 3 nitrogen and oxygen atoms in total. The lowest BCUT2D eigenvalue weighted by Crippen LogP contribution is -2.34. The highest BCUT2D eigenvalue weighted by atomic mass is 35.5. The van der Waals surface area contributed by atoms with Crippen LogP contribution in [0.5, 0.6) is 0 Å².